The third-order valence-electron chi connectivity index (χ3n) is 8.02. The van der Waals surface area contributed by atoms with Crippen LogP contribution in [-0.2, 0) is 55.4 Å². The molecule has 2 heterocycles. The fraction of sp³-hybridized carbons (Fsp3) is 0.389. The lowest BCUT2D eigenvalue weighted by molar-refractivity contribution is -0.0512. The van der Waals surface area contributed by atoms with Crippen LogP contribution in [0.1, 0.15) is 64.0 Å². The molecule has 3 N–H and O–H groups in total. The van der Waals surface area contributed by atoms with Gasteiger partial charge >= 0.3 is 11.4 Å². The van der Waals surface area contributed by atoms with Gasteiger partial charge in [0.15, 0.2) is 0 Å². The van der Waals surface area contributed by atoms with Crippen molar-refractivity contribution >= 4 is 80.2 Å². The third-order valence-corrected chi connectivity index (χ3v) is 10.1. The van der Waals surface area contributed by atoms with Crippen LogP contribution in [-0.4, -0.2) is 67.2 Å². The van der Waals surface area contributed by atoms with E-state index in [4.69, 9.17) is 42.7 Å². The number of aliphatic hydroxyl groups is 1. The van der Waals surface area contributed by atoms with E-state index < -0.39 is 34.3 Å². The van der Waals surface area contributed by atoms with Gasteiger partial charge in [-0.1, -0.05) is 35.3 Å². The summed E-state index contributed by atoms with van der Waals surface area (Å²) in [6, 6.07) is 10.8. The second kappa shape index (κ2) is 20.9. The Morgan fingerprint density at radius 2 is 1.07 bits per heavy atom. The van der Waals surface area contributed by atoms with E-state index in [9.17, 15) is 28.8 Å². The Morgan fingerprint density at radius 1 is 0.679 bits per heavy atom. The van der Waals surface area contributed by atoms with Crippen molar-refractivity contribution in [3.05, 3.63) is 129 Å². The van der Waals surface area contributed by atoms with Crippen molar-refractivity contribution in [1.82, 2.24) is 29.2 Å². The molecule has 0 bridgehead atoms. The number of carbonyl (C=O) groups excluding carboxylic acids is 2. The molecule has 0 aliphatic heterocycles. The van der Waals surface area contributed by atoms with Gasteiger partial charge in [-0.2, -0.15) is 0 Å². The monoisotopic (exact) mass is 1040 g/mol. The Morgan fingerprint density at radius 3 is 1.43 bits per heavy atom. The van der Waals surface area contributed by atoms with E-state index in [0.29, 0.717) is 21.2 Å². The van der Waals surface area contributed by atoms with Crippen LogP contribution in [0.15, 0.2) is 55.6 Å². The molecule has 2 aromatic carbocycles. The number of amides is 2. The summed E-state index contributed by atoms with van der Waals surface area (Å²) in [6.07, 6.45) is 0.244. The molecule has 4 rings (SSSR count). The Hall–Kier alpha value is -3.38. The topological polar surface area (TPSA) is 194 Å². The minimum atomic E-state index is -0.800. The lowest BCUT2D eigenvalue weighted by Crippen LogP contribution is -2.44. The summed E-state index contributed by atoms with van der Waals surface area (Å²) in [7, 11) is 5.59. The smallest absolute Gasteiger partial charge is 0.330 e. The number of hydrogen-bond donors (Lipinski definition) is 3. The van der Waals surface area contributed by atoms with E-state index in [1.165, 1.54) is 37.3 Å². The number of benzene rings is 2. The lowest BCUT2D eigenvalue weighted by Gasteiger charge is -2.19. The molecule has 0 atom stereocenters. The van der Waals surface area contributed by atoms with Crippen molar-refractivity contribution in [3.63, 3.8) is 0 Å². The van der Waals surface area contributed by atoms with Crippen LogP contribution in [0.2, 0.25) is 10.0 Å². The van der Waals surface area contributed by atoms with Crippen LogP contribution in [0.3, 0.4) is 0 Å². The summed E-state index contributed by atoms with van der Waals surface area (Å²) >= 11 is 16.8. The van der Waals surface area contributed by atoms with Gasteiger partial charge in [0.2, 0.25) is 0 Å². The average molecular weight is 1040 g/mol. The lowest BCUT2D eigenvalue weighted by atomic mass is 10.0. The van der Waals surface area contributed by atoms with Gasteiger partial charge in [0.1, 0.15) is 11.1 Å². The molecular weight excluding hydrogens is 1000 g/mol. The molecule has 56 heavy (non-hydrogen) atoms. The molecule has 0 aliphatic rings. The van der Waals surface area contributed by atoms with E-state index in [1.807, 2.05) is 32.9 Å². The molecule has 0 radical (unpaired) electrons. The number of carbonyl (C=O) groups is 2. The largest absolute Gasteiger partial charge is 0.394 e. The summed E-state index contributed by atoms with van der Waals surface area (Å²) in [5, 5.41) is 9.68. The second-order valence-electron chi connectivity index (χ2n) is 13.1. The predicted molar refractivity (Wildman–Crippen MR) is 227 cm³/mol. The molecular formula is C36H42Cl2I2N6O10. The molecule has 4 aromatic rings. The molecule has 0 saturated carbocycles. The number of aromatic nitrogens is 4. The van der Waals surface area contributed by atoms with Crippen molar-refractivity contribution in [3.8, 4) is 0 Å². The number of nitrogens with zero attached hydrogens (tertiary/aromatic N) is 4. The first kappa shape index (κ1) is 47.0. The average Bonchev–Trinajstić information content (AvgIpc) is 3.12. The highest BCUT2D eigenvalue weighted by Gasteiger charge is 2.25. The highest BCUT2D eigenvalue weighted by atomic mass is 127. The van der Waals surface area contributed by atoms with Gasteiger partial charge in [-0.05, 0) is 101 Å². The number of nitrogens with one attached hydrogen (secondary N) is 2. The van der Waals surface area contributed by atoms with Crippen molar-refractivity contribution < 1.29 is 29.1 Å². The van der Waals surface area contributed by atoms with Crippen LogP contribution in [0.4, 0.5) is 0 Å². The fourth-order valence-electron chi connectivity index (χ4n) is 5.10. The van der Waals surface area contributed by atoms with Crippen LogP contribution < -0.4 is 33.5 Å². The number of hydrogen-bond acceptors (Lipinski definition) is 10. The van der Waals surface area contributed by atoms with Gasteiger partial charge in [-0.15, -0.1) is 0 Å². The summed E-state index contributed by atoms with van der Waals surface area (Å²) in [6.45, 7) is 5.66. The molecule has 0 spiro atoms. The molecule has 0 unspecified atom stereocenters. The third kappa shape index (κ3) is 12.3. The molecule has 0 aliphatic carbocycles. The zero-order valence-electron chi connectivity index (χ0n) is 31.6. The molecule has 20 heteroatoms. The number of ether oxygens (including phenoxy) is 1. The molecule has 0 fully saturated rings. The first-order chi connectivity index (χ1) is 26.2. The van der Waals surface area contributed by atoms with Crippen LogP contribution in [0.5, 0.6) is 0 Å². The maximum atomic E-state index is 12.8. The number of hydroxylamine groups is 2. The molecule has 304 valence electrons. The molecule has 0 saturated heterocycles. The maximum Gasteiger partial charge on any atom is 0.330 e. The molecule has 16 nitrogen and oxygen atoms in total. The summed E-state index contributed by atoms with van der Waals surface area (Å²) in [5.74, 6) is -1.54. The quantitative estimate of drug-likeness (QED) is 0.102. The second-order valence-corrected chi connectivity index (χ2v) is 16.4. The van der Waals surface area contributed by atoms with Gasteiger partial charge in [0.05, 0.1) is 32.0 Å². The van der Waals surface area contributed by atoms with Crippen LogP contribution in [0.25, 0.3) is 0 Å². The number of aliphatic hydroxyl groups excluding tert-OH is 1. The van der Waals surface area contributed by atoms with E-state index in [0.717, 1.165) is 16.3 Å². The normalized spacial score (nSPS) is 11.2. The van der Waals surface area contributed by atoms with E-state index in [2.05, 4.69) is 56.1 Å². The van der Waals surface area contributed by atoms with E-state index >= 15 is 0 Å². The van der Waals surface area contributed by atoms with Gasteiger partial charge in [-0.3, -0.25) is 47.1 Å². The Labute approximate surface area is 358 Å². The first-order valence-electron chi connectivity index (χ1n) is 16.7. The zero-order chi connectivity index (χ0) is 42.1. The van der Waals surface area contributed by atoms with E-state index in [-0.39, 0.29) is 67.4 Å². The molecule has 2 amide bonds. The van der Waals surface area contributed by atoms with Gasteiger partial charge in [0, 0.05) is 69.6 Å². The van der Waals surface area contributed by atoms with Crippen LogP contribution in [0, 0.1) is 7.14 Å². The maximum absolute atomic E-state index is 12.8. The first-order valence-corrected chi connectivity index (χ1v) is 19.7. The number of rotatable bonds is 13. The van der Waals surface area contributed by atoms with Crippen molar-refractivity contribution in [1.29, 1.82) is 0 Å². The predicted octanol–water partition coefficient (Wildman–Crippen LogP) is 3.00. The standard InChI is InChI=1S/C20H25ClIN3O5.C16H17ClIN3O5/c1-20(2,3)29-8-9-30-23-17(26)16-15(24(4)19(28)25(5)18(16)27)10-12-6-7-13(22)11-14(12)21;1-20-12(7-9-3-4-10(18)8-11(9)17)13(14(23)19-26-6-5-22)15(24)21(2)16(20)25/h6-7,11H,8-10H2,1-5H3,(H,23,26);3-4,8,22H,5-7H2,1-2H3,(H,19,23). The number of halogens is 4. The minimum absolute atomic E-state index is 0.105. The summed E-state index contributed by atoms with van der Waals surface area (Å²) in [4.78, 5) is 85.1. The molecule has 2 aromatic heterocycles. The van der Waals surface area contributed by atoms with Gasteiger partial charge in [-0.25, -0.2) is 20.5 Å². The Balaban J connectivity index is 0.000000303. The minimum Gasteiger partial charge on any atom is -0.394 e. The SMILES string of the molecule is Cn1c(Cc2ccc(I)cc2Cl)c(C(=O)NOCCO)c(=O)n(C)c1=O.Cn1c(Cc2ccc(I)cc2Cl)c(C(=O)NOCCOC(C)(C)C)c(=O)n(C)c1=O. The highest BCUT2D eigenvalue weighted by molar-refractivity contribution is 14.1. The Bertz CT molecular complexity index is 2330. The summed E-state index contributed by atoms with van der Waals surface area (Å²) in [5.41, 5.74) is 2.92. The van der Waals surface area contributed by atoms with Crippen molar-refractivity contribution in [2.45, 2.75) is 39.2 Å². The van der Waals surface area contributed by atoms with Crippen molar-refractivity contribution in [2.75, 3.05) is 26.4 Å². The summed E-state index contributed by atoms with van der Waals surface area (Å²) < 4.78 is 11.6. The highest BCUT2D eigenvalue weighted by Crippen LogP contribution is 2.23. The van der Waals surface area contributed by atoms with E-state index in [1.54, 1.807) is 24.3 Å². The van der Waals surface area contributed by atoms with Crippen LogP contribution >= 0.6 is 68.4 Å². The fourth-order valence-corrected chi connectivity index (χ4v) is 6.95. The van der Waals surface area contributed by atoms with Gasteiger partial charge < -0.3 is 9.84 Å². The van der Waals surface area contributed by atoms with Gasteiger partial charge in [0.25, 0.3) is 22.9 Å². The Kier molecular flexibility index (Phi) is 17.5. The zero-order valence-corrected chi connectivity index (χ0v) is 37.5. The van der Waals surface area contributed by atoms with Crippen molar-refractivity contribution in [2.24, 2.45) is 28.2 Å².